The van der Waals surface area contributed by atoms with Gasteiger partial charge in [0.05, 0.1) is 6.61 Å². The third-order valence-electron chi connectivity index (χ3n) is 3.65. The van der Waals surface area contributed by atoms with Crippen molar-refractivity contribution in [3.05, 3.63) is 0 Å². The molecule has 0 bridgehead atoms. The second-order valence-electron chi connectivity index (χ2n) is 4.99. The summed E-state index contributed by atoms with van der Waals surface area (Å²) in [6.07, 6.45) is 4.84. The van der Waals surface area contributed by atoms with Crippen LogP contribution in [0.5, 0.6) is 0 Å². The van der Waals surface area contributed by atoms with E-state index in [4.69, 9.17) is 0 Å². The Bertz CT molecular complexity index is 183. The molecule has 0 radical (unpaired) electrons. The molecule has 96 valence electrons. The number of nitrogens with one attached hydrogen (secondary N) is 1. The van der Waals surface area contributed by atoms with Crippen molar-refractivity contribution in [2.24, 2.45) is 0 Å². The zero-order chi connectivity index (χ0) is 12.0. The van der Waals surface area contributed by atoms with Gasteiger partial charge in [0.2, 0.25) is 0 Å². The Morgan fingerprint density at radius 1 is 1.38 bits per heavy atom. The minimum Gasteiger partial charge on any atom is -0.395 e. The molecule has 0 spiro atoms. The minimum absolute atomic E-state index is 0.272. The van der Waals surface area contributed by atoms with E-state index in [0.29, 0.717) is 18.1 Å². The molecule has 2 N–H and O–H groups in total. The van der Waals surface area contributed by atoms with E-state index in [-0.39, 0.29) is 6.61 Å². The predicted octanol–water partition coefficient (Wildman–Crippen LogP) is 1.61. The topological polar surface area (TPSA) is 35.5 Å². The van der Waals surface area contributed by atoms with Crippen molar-refractivity contribution in [3.8, 4) is 0 Å². The summed E-state index contributed by atoms with van der Waals surface area (Å²) in [5.74, 6) is 0. The van der Waals surface area contributed by atoms with Crippen LogP contribution < -0.4 is 5.32 Å². The van der Waals surface area contributed by atoms with Crippen molar-refractivity contribution in [3.63, 3.8) is 0 Å². The van der Waals surface area contributed by atoms with E-state index in [1.807, 2.05) is 0 Å². The van der Waals surface area contributed by atoms with Crippen LogP contribution in [0.25, 0.3) is 0 Å². The zero-order valence-electron chi connectivity index (χ0n) is 11.1. The third kappa shape index (κ3) is 4.81. The molecule has 16 heavy (non-hydrogen) atoms. The standard InChI is InChI=1S/C13H28N2O/c1-4-11(3)15(5-2)9-8-13(10-16)14-12-6-7-12/h11-14,16H,4-10H2,1-3H3. The highest BCUT2D eigenvalue weighted by Crippen LogP contribution is 2.20. The fraction of sp³-hybridized carbons (Fsp3) is 1.00. The molecule has 1 aliphatic carbocycles. The quantitative estimate of drug-likeness (QED) is 0.629. The highest BCUT2D eigenvalue weighted by atomic mass is 16.3. The van der Waals surface area contributed by atoms with Gasteiger partial charge in [-0.3, -0.25) is 0 Å². The van der Waals surface area contributed by atoms with Gasteiger partial charge in [-0.1, -0.05) is 13.8 Å². The maximum absolute atomic E-state index is 9.30. The molecule has 2 atom stereocenters. The fourth-order valence-corrected chi connectivity index (χ4v) is 2.08. The Hall–Kier alpha value is -0.120. The average Bonchev–Trinajstić information content (AvgIpc) is 3.11. The predicted molar refractivity (Wildman–Crippen MR) is 68.6 cm³/mol. The van der Waals surface area contributed by atoms with Gasteiger partial charge in [-0.05, 0) is 45.7 Å². The molecule has 2 unspecified atom stereocenters. The molecular weight excluding hydrogens is 200 g/mol. The smallest absolute Gasteiger partial charge is 0.0585 e. The summed E-state index contributed by atoms with van der Waals surface area (Å²) in [4.78, 5) is 2.50. The molecule has 0 aliphatic heterocycles. The first kappa shape index (κ1) is 13.9. The summed E-state index contributed by atoms with van der Waals surface area (Å²) in [7, 11) is 0. The SMILES string of the molecule is CCC(C)N(CC)CCC(CO)NC1CC1. The van der Waals surface area contributed by atoms with Crippen molar-refractivity contribution < 1.29 is 5.11 Å². The zero-order valence-corrected chi connectivity index (χ0v) is 11.1. The summed E-state index contributed by atoms with van der Waals surface area (Å²) in [6.45, 7) is 9.21. The summed E-state index contributed by atoms with van der Waals surface area (Å²) in [5, 5.41) is 12.8. The first-order valence-corrected chi connectivity index (χ1v) is 6.82. The van der Waals surface area contributed by atoms with Gasteiger partial charge < -0.3 is 15.3 Å². The molecule has 0 aromatic rings. The second-order valence-corrected chi connectivity index (χ2v) is 4.99. The molecule has 1 aliphatic rings. The number of aliphatic hydroxyl groups is 1. The molecule has 1 saturated carbocycles. The Balaban J connectivity index is 2.22. The first-order valence-electron chi connectivity index (χ1n) is 6.82. The summed E-state index contributed by atoms with van der Waals surface area (Å²) < 4.78 is 0. The Kier molecular flexibility index (Phi) is 6.32. The van der Waals surface area contributed by atoms with Crippen molar-refractivity contribution in [1.29, 1.82) is 0 Å². The van der Waals surface area contributed by atoms with Gasteiger partial charge in [-0.15, -0.1) is 0 Å². The molecule has 1 rings (SSSR count). The van der Waals surface area contributed by atoms with E-state index in [2.05, 4.69) is 31.0 Å². The van der Waals surface area contributed by atoms with Crippen LogP contribution >= 0.6 is 0 Å². The lowest BCUT2D eigenvalue weighted by Crippen LogP contribution is -2.40. The Morgan fingerprint density at radius 3 is 2.50 bits per heavy atom. The number of hydrogen-bond donors (Lipinski definition) is 2. The van der Waals surface area contributed by atoms with Crippen LogP contribution in [-0.2, 0) is 0 Å². The molecule has 0 saturated heterocycles. The van der Waals surface area contributed by atoms with E-state index in [0.717, 1.165) is 19.5 Å². The van der Waals surface area contributed by atoms with E-state index in [1.165, 1.54) is 19.3 Å². The van der Waals surface area contributed by atoms with Gasteiger partial charge in [0.25, 0.3) is 0 Å². The Labute approximate surface area is 100 Å². The molecule has 0 heterocycles. The van der Waals surface area contributed by atoms with Crippen LogP contribution in [0.4, 0.5) is 0 Å². The molecule has 3 nitrogen and oxygen atoms in total. The van der Waals surface area contributed by atoms with Crippen LogP contribution in [0.2, 0.25) is 0 Å². The molecule has 0 aromatic carbocycles. The number of aliphatic hydroxyl groups excluding tert-OH is 1. The van der Waals surface area contributed by atoms with E-state index in [9.17, 15) is 5.11 Å². The largest absolute Gasteiger partial charge is 0.395 e. The van der Waals surface area contributed by atoms with Gasteiger partial charge in [-0.25, -0.2) is 0 Å². The lowest BCUT2D eigenvalue weighted by Gasteiger charge is -2.28. The molecule has 1 fully saturated rings. The van der Waals surface area contributed by atoms with Crippen LogP contribution in [-0.4, -0.2) is 47.8 Å². The monoisotopic (exact) mass is 228 g/mol. The van der Waals surface area contributed by atoms with Crippen molar-refractivity contribution in [2.75, 3.05) is 19.7 Å². The minimum atomic E-state index is 0.272. The van der Waals surface area contributed by atoms with Gasteiger partial charge in [0.15, 0.2) is 0 Å². The maximum Gasteiger partial charge on any atom is 0.0585 e. The highest BCUT2D eigenvalue weighted by molar-refractivity contribution is 4.85. The number of rotatable bonds is 9. The maximum atomic E-state index is 9.30. The lowest BCUT2D eigenvalue weighted by atomic mass is 10.1. The van der Waals surface area contributed by atoms with E-state index < -0.39 is 0 Å². The van der Waals surface area contributed by atoms with Crippen molar-refractivity contribution in [1.82, 2.24) is 10.2 Å². The van der Waals surface area contributed by atoms with Crippen LogP contribution in [0.3, 0.4) is 0 Å². The lowest BCUT2D eigenvalue weighted by molar-refractivity contribution is 0.178. The average molecular weight is 228 g/mol. The third-order valence-corrected chi connectivity index (χ3v) is 3.65. The van der Waals surface area contributed by atoms with E-state index in [1.54, 1.807) is 0 Å². The second kappa shape index (κ2) is 7.25. The molecule has 0 amide bonds. The number of hydrogen-bond acceptors (Lipinski definition) is 3. The van der Waals surface area contributed by atoms with Gasteiger partial charge in [0.1, 0.15) is 0 Å². The van der Waals surface area contributed by atoms with Crippen LogP contribution in [0.15, 0.2) is 0 Å². The molecule has 3 heteroatoms. The number of nitrogens with zero attached hydrogens (tertiary/aromatic N) is 1. The highest BCUT2D eigenvalue weighted by Gasteiger charge is 2.24. The van der Waals surface area contributed by atoms with Crippen LogP contribution in [0, 0.1) is 0 Å². The summed E-state index contributed by atoms with van der Waals surface area (Å²) in [6, 6.07) is 1.65. The summed E-state index contributed by atoms with van der Waals surface area (Å²) in [5.41, 5.74) is 0. The van der Waals surface area contributed by atoms with Gasteiger partial charge >= 0.3 is 0 Å². The summed E-state index contributed by atoms with van der Waals surface area (Å²) >= 11 is 0. The van der Waals surface area contributed by atoms with E-state index >= 15 is 0 Å². The van der Waals surface area contributed by atoms with Crippen molar-refractivity contribution in [2.45, 2.75) is 64.6 Å². The first-order chi connectivity index (χ1) is 7.71. The van der Waals surface area contributed by atoms with Gasteiger partial charge in [-0.2, -0.15) is 0 Å². The fourth-order valence-electron chi connectivity index (χ4n) is 2.08. The molecule has 0 aromatic heterocycles. The normalized spacial score (nSPS) is 20.1. The Morgan fingerprint density at radius 2 is 2.06 bits per heavy atom. The molecular formula is C13H28N2O. The van der Waals surface area contributed by atoms with Gasteiger partial charge in [0, 0.05) is 18.1 Å². The van der Waals surface area contributed by atoms with Crippen LogP contribution in [0.1, 0.15) is 46.5 Å². The van der Waals surface area contributed by atoms with Crippen molar-refractivity contribution >= 4 is 0 Å².